The molecule has 1 aliphatic heterocycles. The van der Waals surface area contributed by atoms with Gasteiger partial charge in [0.2, 0.25) is 5.78 Å². The number of hydrogen-bond acceptors (Lipinski definition) is 6. The number of ketones is 2. The van der Waals surface area contributed by atoms with E-state index in [0.29, 0.717) is 4.90 Å². The zero-order chi connectivity index (χ0) is 15.0. The first-order chi connectivity index (χ1) is 9.34. The van der Waals surface area contributed by atoms with Gasteiger partial charge in [-0.15, -0.1) is 0 Å². The molecule has 1 saturated heterocycles. The fourth-order valence-electron chi connectivity index (χ4n) is 1.90. The summed E-state index contributed by atoms with van der Waals surface area (Å²) in [6.45, 7) is 1.05. The largest absolute Gasteiger partial charge is 0.302 e. The third-order valence-corrected chi connectivity index (χ3v) is 2.87. The number of Topliss-reactive ketones (excluding diaryl/α,β-unsaturated/α-hetero) is 2. The molecule has 0 bridgehead atoms. The normalized spacial score (nSPS) is 18.6. The van der Waals surface area contributed by atoms with Crippen LogP contribution in [0.5, 0.6) is 0 Å². The van der Waals surface area contributed by atoms with Crippen LogP contribution in [-0.2, 0) is 19.2 Å². The molecule has 8 heteroatoms. The Labute approximate surface area is 112 Å². The zero-order valence-electron chi connectivity index (χ0n) is 10.2. The molecule has 20 heavy (non-hydrogen) atoms. The first-order valence-electron chi connectivity index (χ1n) is 5.51. The molecule has 1 atom stereocenters. The number of non-ortho nitro benzene ring substituents is 1. The summed E-state index contributed by atoms with van der Waals surface area (Å²) >= 11 is 0. The van der Waals surface area contributed by atoms with Crippen molar-refractivity contribution in [1.29, 1.82) is 0 Å². The molecule has 0 radical (unpaired) electrons. The van der Waals surface area contributed by atoms with E-state index < -0.39 is 34.2 Å². The van der Waals surface area contributed by atoms with Gasteiger partial charge in [0.15, 0.2) is 5.92 Å². The summed E-state index contributed by atoms with van der Waals surface area (Å²) < 4.78 is 0. The molecular formula is C12H8N2O6. The van der Waals surface area contributed by atoms with Gasteiger partial charge < -0.3 is 0 Å². The van der Waals surface area contributed by atoms with E-state index in [-0.39, 0.29) is 11.4 Å². The Balaban J connectivity index is 2.40. The number of carbonyl (C=O) groups excluding carboxylic acids is 4. The van der Waals surface area contributed by atoms with Crippen LogP contribution < -0.4 is 4.90 Å². The summed E-state index contributed by atoms with van der Waals surface area (Å²) in [4.78, 5) is 56.9. The van der Waals surface area contributed by atoms with E-state index >= 15 is 0 Å². The van der Waals surface area contributed by atoms with Crippen LogP contribution >= 0.6 is 0 Å². The summed E-state index contributed by atoms with van der Waals surface area (Å²) in [7, 11) is 0. The predicted octanol–water partition coefficient (Wildman–Crippen LogP) is 0.242. The van der Waals surface area contributed by atoms with E-state index in [0.717, 1.165) is 19.1 Å². The van der Waals surface area contributed by atoms with Crippen LogP contribution in [0.2, 0.25) is 0 Å². The molecule has 1 aromatic carbocycles. The highest BCUT2D eigenvalue weighted by atomic mass is 16.6. The molecule has 2 amide bonds. The number of nitro groups is 1. The van der Waals surface area contributed by atoms with Crippen LogP contribution in [0.25, 0.3) is 0 Å². The maximum atomic E-state index is 11.9. The second-order valence-electron chi connectivity index (χ2n) is 4.16. The third kappa shape index (κ3) is 1.96. The fourth-order valence-corrected chi connectivity index (χ4v) is 1.90. The Morgan fingerprint density at radius 3 is 2.15 bits per heavy atom. The molecule has 0 N–H and O–H groups in total. The van der Waals surface area contributed by atoms with Gasteiger partial charge in [-0.3, -0.25) is 29.3 Å². The van der Waals surface area contributed by atoms with Gasteiger partial charge in [-0.1, -0.05) is 0 Å². The van der Waals surface area contributed by atoms with E-state index in [4.69, 9.17) is 0 Å². The Kier molecular flexibility index (Phi) is 3.15. The van der Waals surface area contributed by atoms with Crippen molar-refractivity contribution in [1.82, 2.24) is 0 Å². The maximum absolute atomic E-state index is 11.9. The molecule has 0 aliphatic carbocycles. The highest BCUT2D eigenvalue weighted by Crippen LogP contribution is 2.26. The van der Waals surface area contributed by atoms with Gasteiger partial charge in [0.1, 0.15) is 5.78 Å². The van der Waals surface area contributed by atoms with Crippen LogP contribution in [0.3, 0.4) is 0 Å². The average Bonchev–Trinajstić information content (AvgIpc) is 2.60. The summed E-state index contributed by atoms with van der Waals surface area (Å²) in [6.07, 6.45) is 0. The number of nitro benzene ring substituents is 1. The third-order valence-electron chi connectivity index (χ3n) is 2.87. The Morgan fingerprint density at radius 2 is 1.75 bits per heavy atom. The number of amides is 2. The molecule has 8 nitrogen and oxygen atoms in total. The van der Waals surface area contributed by atoms with Crippen LogP contribution in [-0.4, -0.2) is 28.3 Å². The molecule has 1 heterocycles. The number of carbonyl (C=O) groups is 4. The van der Waals surface area contributed by atoms with Gasteiger partial charge in [0.25, 0.3) is 11.6 Å². The lowest BCUT2D eigenvalue weighted by Gasteiger charge is -2.12. The molecular weight excluding hydrogens is 268 g/mol. The highest BCUT2D eigenvalue weighted by molar-refractivity contribution is 6.59. The molecule has 1 aliphatic rings. The minimum Gasteiger partial charge on any atom is -0.299 e. The van der Waals surface area contributed by atoms with E-state index in [1.165, 1.54) is 12.1 Å². The molecule has 0 saturated carbocycles. The van der Waals surface area contributed by atoms with E-state index in [1.807, 2.05) is 0 Å². The zero-order valence-corrected chi connectivity index (χ0v) is 10.2. The number of benzene rings is 1. The van der Waals surface area contributed by atoms with Crippen molar-refractivity contribution >= 4 is 34.8 Å². The molecule has 102 valence electrons. The highest BCUT2D eigenvalue weighted by Gasteiger charge is 2.49. The Morgan fingerprint density at radius 1 is 1.20 bits per heavy atom. The summed E-state index contributed by atoms with van der Waals surface area (Å²) in [5.41, 5.74) is -0.204. The first-order valence-corrected chi connectivity index (χ1v) is 5.51. The SMILES string of the molecule is CC(=O)[C@H]1C(=O)C(=O)N(c2ccc([N+](=O)[O-])cc2)C1=O. The van der Waals surface area contributed by atoms with Crippen molar-refractivity contribution in [2.45, 2.75) is 6.92 Å². The number of hydrogen-bond donors (Lipinski definition) is 0. The number of imide groups is 1. The first kappa shape index (κ1) is 13.5. The molecule has 0 aromatic heterocycles. The summed E-state index contributed by atoms with van der Waals surface area (Å²) in [5, 5.41) is 10.5. The van der Waals surface area contributed by atoms with E-state index in [2.05, 4.69) is 0 Å². The van der Waals surface area contributed by atoms with Crippen LogP contribution in [0.4, 0.5) is 11.4 Å². The molecule has 2 rings (SSSR count). The summed E-state index contributed by atoms with van der Waals surface area (Å²) in [5.74, 6) is -5.44. The van der Waals surface area contributed by atoms with Gasteiger partial charge in [0, 0.05) is 12.1 Å². The molecule has 0 unspecified atom stereocenters. The van der Waals surface area contributed by atoms with Gasteiger partial charge in [-0.05, 0) is 19.1 Å². The predicted molar refractivity (Wildman–Crippen MR) is 64.8 cm³/mol. The van der Waals surface area contributed by atoms with Crippen LogP contribution in [0, 0.1) is 16.0 Å². The van der Waals surface area contributed by atoms with Gasteiger partial charge >= 0.3 is 5.91 Å². The monoisotopic (exact) mass is 276 g/mol. The van der Waals surface area contributed by atoms with Crippen molar-refractivity contribution in [3.05, 3.63) is 34.4 Å². The second-order valence-corrected chi connectivity index (χ2v) is 4.16. The van der Waals surface area contributed by atoms with Crippen molar-refractivity contribution in [3.8, 4) is 0 Å². The van der Waals surface area contributed by atoms with Crippen LogP contribution in [0.1, 0.15) is 6.92 Å². The average molecular weight is 276 g/mol. The van der Waals surface area contributed by atoms with Gasteiger partial charge in [0.05, 0.1) is 10.6 Å². The quantitative estimate of drug-likeness (QED) is 0.257. The standard InChI is InChI=1S/C12H8N2O6/c1-6(15)9-10(16)12(18)13(11(9)17)7-2-4-8(5-3-7)14(19)20/h2-5,9H,1H3/t9-/m0/s1. The second kappa shape index (κ2) is 4.65. The maximum Gasteiger partial charge on any atom is 0.302 e. The fraction of sp³-hybridized carbons (Fsp3) is 0.167. The van der Waals surface area contributed by atoms with Crippen molar-refractivity contribution in [2.75, 3.05) is 4.90 Å². The lowest BCUT2D eigenvalue weighted by Crippen LogP contribution is -2.31. The van der Waals surface area contributed by atoms with Crippen LogP contribution in [0.15, 0.2) is 24.3 Å². The minimum atomic E-state index is -1.61. The molecule has 1 aromatic rings. The van der Waals surface area contributed by atoms with E-state index in [9.17, 15) is 29.3 Å². The van der Waals surface area contributed by atoms with E-state index in [1.54, 1.807) is 0 Å². The van der Waals surface area contributed by atoms with Crippen molar-refractivity contribution in [3.63, 3.8) is 0 Å². The number of anilines is 1. The van der Waals surface area contributed by atoms with Gasteiger partial charge in [-0.2, -0.15) is 0 Å². The van der Waals surface area contributed by atoms with Crippen molar-refractivity contribution in [2.24, 2.45) is 5.92 Å². The lowest BCUT2D eigenvalue weighted by molar-refractivity contribution is -0.384. The Hall–Kier alpha value is -2.90. The topological polar surface area (TPSA) is 115 Å². The molecule has 1 fully saturated rings. The Bertz CT molecular complexity index is 648. The number of nitrogens with zero attached hydrogens (tertiary/aromatic N) is 2. The smallest absolute Gasteiger partial charge is 0.299 e. The summed E-state index contributed by atoms with van der Waals surface area (Å²) in [6, 6.07) is 4.54. The molecule has 0 spiro atoms. The lowest BCUT2D eigenvalue weighted by atomic mass is 10.0. The minimum absolute atomic E-state index is 0.0164. The van der Waals surface area contributed by atoms with Crippen molar-refractivity contribution < 1.29 is 24.1 Å². The van der Waals surface area contributed by atoms with Gasteiger partial charge in [-0.25, -0.2) is 4.90 Å². The number of rotatable bonds is 3.